The molecule has 21 heavy (non-hydrogen) atoms. The number of carbonyl (C=O) groups is 1. The van der Waals surface area contributed by atoms with Crippen molar-refractivity contribution in [2.24, 2.45) is 11.3 Å². The fourth-order valence-electron chi connectivity index (χ4n) is 3.09. The molecule has 1 aliphatic rings. The third kappa shape index (κ3) is 4.63. The molecule has 2 rings (SSSR count). The number of rotatable bonds is 4. The monoisotopic (exact) mass is 291 g/mol. The quantitative estimate of drug-likeness (QED) is 0.776. The van der Waals surface area contributed by atoms with E-state index in [1.807, 2.05) is 0 Å². The SMILES string of the molecule is CC(C)(C)C1CCN(CCC(=O)c2cccc(F)c2)CC1. The molecule has 0 N–H and O–H groups in total. The van der Waals surface area contributed by atoms with Gasteiger partial charge >= 0.3 is 0 Å². The van der Waals surface area contributed by atoms with Crippen molar-refractivity contribution in [2.75, 3.05) is 19.6 Å². The van der Waals surface area contributed by atoms with E-state index in [1.54, 1.807) is 12.1 Å². The van der Waals surface area contributed by atoms with Gasteiger partial charge in [-0.25, -0.2) is 4.39 Å². The van der Waals surface area contributed by atoms with E-state index in [0.717, 1.165) is 25.6 Å². The molecule has 0 bridgehead atoms. The number of piperidine rings is 1. The molecule has 0 unspecified atom stereocenters. The first-order chi connectivity index (χ1) is 9.86. The van der Waals surface area contributed by atoms with Crippen LogP contribution in [0, 0.1) is 17.2 Å². The lowest BCUT2D eigenvalue weighted by molar-refractivity contribution is 0.0901. The minimum atomic E-state index is -0.341. The molecule has 2 nitrogen and oxygen atoms in total. The van der Waals surface area contributed by atoms with Crippen molar-refractivity contribution in [3.63, 3.8) is 0 Å². The Kier molecular flexibility index (Phi) is 5.15. The zero-order chi connectivity index (χ0) is 15.5. The van der Waals surface area contributed by atoms with Crippen LogP contribution >= 0.6 is 0 Å². The van der Waals surface area contributed by atoms with Crippen molar-refractivity contribution in [3.05, 3.63) is 35.6 Å². The van der Waals surface area contributed by atoms with E-state index < -0.39 is 0 Å². The van der Waals surface area contributed by atoms with Crippen LogP contribution in [0.25, 0.3) is 0 Å². The Morgan fingerprint density at radius 2 is 1.95 bits per heavy atom. The second kappa shape index (κ2) is 6.69. The summed E-state index contributed by atoms with van der Waals surface area (Å²) in [6.45, 7) is 9.84. The first-order valence-electron chi connectivity index (χ1n) is 7.87. The molecule has 0 radical (unpaired) electrons. The Bertz CT molecular complexity index is 484. The molecule has 116 valence electrons. The number of ketones is 1. The maximum atomic E-state index is 13.1. The first kappa shape index (κ1) is 16.2. The highest BCUT2D eigenvalue weighted by Crippen LogP contribution is 2.34. The van der Waals surface area contributed by atoms with Crippen LogP contribution in [0.5, 0.6) is 0 Å². The van der Waals surface area contributed by atoms with Crippen molar-refractivity contribution in [1.29, 1.82) is 0 Å². The lowest BCUT2D eigenvalue weighted by Gasteiger charge is -2.38. The van der Waals surface area contributed by atoms with E-state index in [2.05, 4.69) is 25.7 Å². The molecule has 0 aromatic heterocycles. The topological polar surface area (TPSA) is 20.3 Å². The molecule has 1 heterocycles. The molecule has 0 saturated carbocycles. The van der Waals surface area contributed by atoms with Gasteiger partial charge in [-0.2, -0.15) is 0 Å². The number of likely N-dealkylation sites (tertiary alicyclic amines) is 1. The lowest BCUT2D eigenvalue weighted by Crippen LogP contribution is -2.38. The van der Waals surface area contributed by atoms with Crippen LogP contribution in [-0.4, -0.2) is 30.3 Å². The minimum absolute atomic E-state index is 0.0347. The van der Waals surface area contributed by atoms with Crippen LogP contribution in [0.15, 0.2) is 24.3 Å². The van der Waals surface area contributed by atoms with E-state index >= 15 is 0 Å². The number of nitrogens with zero attached hydrogens (tertiary/aromatic N) is 1. The molecular formula is C18H26FNO. The van der Waals surface area contributed by atoms with Crippen LogP contribution in [0.2, 0.25) is 0 Å². The molecule has 1 fully saturated rings. The van der Waals surface area contributed by atoms with Crippen LogP contribution in [0.4, 0.5) is 4.39 Å². The Labute approximate surface area is 127 Å². The maximum Gasteiger partial charge on any atom is 0.164 e. The summed E-state index contributed by atoms with van der Waals surface area (Å²) in [5.74, 6) is 0.465. The Morgan fingerprint density at radius 3 is 2.52 bits per heavy atom. The van der Waals surface area contributed by atoms with Gasteiger partial charge in [0.25, 0.3) is 0 Å². The number of hydrogen-bond donors (Lipinski definition) is 0. The molecule has 1 aromatic carbocycles. The predicted octanol–water partition coefficient (Wildman–Crippen LogP) is 4.16. The van der Waals surface area contributed by atoms with Gasteiger partial charge in [-0.3, -0.25) is 4.79 Å². The molecule has 3 heteroatoms. The van der Waals surface area contributed by atoms with E-state index in [9.17, 15) is 9.18 Å². The third-order valence-corrected chi connectivity index (χ3v) is 4.61. The number of Topliss-reactive ketones (excluding diaryl/α,β-unsaturated/α-hetero) is 1. The van der Waals surface area contributed by atoms with Gasteiger partial charge in [-0.15, -0.1) is 0 Å². The van der Waals surface area contributed by atoms with E-state index in [4.69, 9.17) is 0 Å². The highest BCUT2D eigenvalue weighted by atomic mass is 19.1. The summed E-state index contributed by atoms with van der Waals surface area (Å²) in [5, 5.41) is 0. The molecule has 1 saturated heterocycles. The summed E-state index contributed by atoms with van der Waals surface area (Å²) in [7, 11) is 0. The van der Waals surface area contributed by atoms with Crippen LogP contribution in [0.3, 0.4) is 0 Å². The van der Waals surface area contributed by atoms with Crippen molar-refractivity contribution in [3.8, 4) is 0 Å². The summed E-state index contributed by atoms with van der Waals surface area (Å²) >= 11 is 0. The van der Waals surface area contributed by atoms with Gasteiger partial charge in [0.15, 0.2) is 5.78 Å². The summed E-state index contributed by atoms with van der Waals surface area (Å²) < 4.78 is 13.1. The second-order valence-electron chi connectivity index (χ2n) is 7.17. The molecule has 0 spiro atoms. The lowest BCUT2D eigenvalue weighted by atomic mass is 9.75. The zero-order valence-corrected chi connectivity index (χ0v) is 13.4. The van der Waals surface area contributed by atoms with Crippen LogP contribution in [0.1, 0.15) is 50.4 Å². The average Bonchev–Trinajstić information content (AvgIpc) is 2.44. The summed E-state index contributed by atoms with van der Waals surface area (Å²) in [5.41, 5.74) is 0.864. The average molecular weight is 291 g/mol. The van der Waals surface area contributed by atoms with Gasteiger partial charge in [0, 0.05) is 18.5 Å². The van der Waals surface area contributed by atoms with E-state index in [1.165, 1.54) is 25.0 Å². The zero-order valence-electron chi connectivity index (χ0n) is 13.4. The number of halogens is 1. The van der Waals surface area contributed by atoms with Gasteiger partial charge in [0.2, 0.25) is 0 Å². The van der Waals surface area contributed by atoms with Crippen molar-refractivity contribution >= 4 is 5.78 Å². The van der Waals surface area contributed by atoms with Crippen LogP contribution in [-0.2, 0) is 0 Å². The van der Waals surface area contributed by atoms with E-state index in [-0.39, 0.29) is 11.6 Å². The fraction of sp³-hybridized carbons (Fsp3) is 0.611. The van der Waals surface area contributed by atoms with Gasteiger partial charge in [0.1, 0.15) is 5.82 Å². The predicted molar refractivity (Wildman–Crippen MR) is 84.0 cm³/mol. The van der Waals surface area contributed by atoms with Gasteiger partial charge in [0.05, 0.1) is 0 Å². The third-order valence-electron chi connectivity index (χ3n) is 4.61. The smallest absolute Gasteiger partial charge is 0.164 e. The molecule has 0 aliphatic carbocycles. The molecule has 1 aliphatic heterocycles. The number of benzene rings is 1. The van der Waals surface area contributed by atoms with Crippen LogP contribution < -0.4 is 0 Å². The molecule has 0 amide bonds. The van der Waals surface area contributed by atoms with Crippen molar-refractivity contribution in [2.45, 2.75) is 40.0 Å². The largest absolute Gasteiger partial charge is 0.303 e. The highest BCUT2D eigenvalue weighted by molar-refractivity contribution is 5.96. The molecule has 1 aromatic rings. The van der Waals surface area contributed by atoms with Crippen molar-refractivity contribution in [1.82, 2.24) is 4.90 Å². The summed E-state index contributed by atoms with van der Waals surface area (Å²) in [6.07, 6.45) is 2.89. The highest BCUT2D eigenvalue weighted by Gasteiger charge is 2.28. The Morgan fingerprint density at radius 1 is 1.29 bits per heavy atom. The summed E-state index contributed by atoms with van der Waals surface area (Å²) in [4.78, 5) is 14.4. The normalized spacial score (nSPS) is 17.9. The Hall–Kier alpha value is -1.22. The fourth-order valence-corrected chi connectivity index (χ4v) is 3.09. The molecular weight excluding hydrogens is 265 g/mol. The van der Waals surface area contributed by atoms with Gasteiger partial charge in [-0.05, 0) is 49.4 Å². The van der Waals surface area contributed by atoms with Crippen molar-refractivity contribution < 1.29 is 9.18 Å². The minimum Gasteiger partial charge on any atom is -0.303 e. The molecule has 0 atom stereocenters. The van der Waals surface area contributed by atoms with Gasteiger partial charge in [-0.1, -0.05) is 32.9 Å². The Balaban J connectivity index is 1.78. The van der Waals surface area contributed by atoms with E-state index in [0.29, 0.717) is 17.4 Å². The standard InChI is InChI=1S/C18H26FNO/c1-18(2,3)15-7-10-20(11-8-15)12-9-17(21)14-5-4-6-16(19)13-14/h4-6,13,15H,7-12H2,1-3H3. The summed E-state index contributed by atoms with van der Waals surface area (Å²) in [6, 6.07) is 5.98. The first-order valence-corrected chi connectivity index (χ1v) is 7.87. The number of hydrogen-bond acceptors (Lipinski definition) is 2. The number of carbonyl (C=O) groups excluding carboxylic acids is 1. The van der Waals surface area contributed by atoms with Gasteiger partial charge < -0.3 is 4.90 Å². The maximum absolute atomic E-state index is 13.1. The second-order valence-corrected chi connectivity index (χ2v) is 7.17.